The van der Waals surface area contributed by atoms with Gasteiger partial charge in [-0.05, 0) is 48.9 Å². The van der Waals surface area contributed by atoms with Crippen LogP contribution in [-0.4, -0.2) is 59.4 Å². The van der Waals surface area contributed by atoms with E-state index in [0.717, 1.165) is 32.1 Å². The van der Waals surface area contributed by atoms with Crippen LogP contribution in [0.15, 0.2) is 41.1 Å². The number of carbonyl (C=O) groups is 5. The van der Waals surface area contributed by atoms with Gasteiger partial charge in [0.2, 0.25) is 23.5 Å². The maximum atomic E-state index is 13.6. The minimum Gasteiger partial charge on any atom is -0.368 e. The van der Waals surface area contributed by atoms with Gasteiger partial charge >= 0.3 is 0 Å². The first-order valence-corrected chi connectivity index (χ1v) is 15.3. The Bertz CT molecular complexity index is 1260. The SMILES string of the molecule is CC[C@H](C)[C@H](NC(=O)[C@H](CC1CCCCC1)NC(=O)c1ccno1)C(=O)NCc1cccc(C(=O)N[C@@H](CCN)C(N)=O)c1. The molecule has 1 aliphatic carbocycles. The zero-order valence-corrected chi connectivity index (χ0v) is 25.5. The highest BCUT2D eigenvalue weighted by Crippen LogP contribution is 2.27. The molecule has 13 heteroatoms. The summed E-state index contributed by atoms with van der Waals surface area (Å²) in [6.07, 6.45) is 7.91. The molecule has 0 radical (unpaired) electrons. The number of nitrogens with two attached hydrogens (primary N) is 2. The minimum absolute atomic E-state index is 0.00287. The third-order valence-corrected chi connectivity index (χ3v) is 8.13. The van der Waals surface area contributed by atoms with Gasteiger partial charge < -0.3 is 37.3 Å². The van der Waals surface area contributed by atoms with E-state index in [0.29, 0.717) is 24.0 Å². The molecular weight excluding hydrogens is 566 g/mol. The number of carbonyl (C=O) groups excluding carboxylic acids is 5. The van der Waals surface area contributed by atoms with E-state index in [-0.39, 0.29) is 37.1 Å². The van der Waals surface area contributed by atoms with Gasteiger partial charge in [-0.25, -0.2) is 0 Å². The first kappa shape index (κ1) is 34.2. The van der Waals surface area contributed by atoms with Gasteiger partial charge in [-0.1, -0.05) is 69.7 Å². The van der Waals surface area contributed by atoms with E-state index in [9.17, 15) is 24.0 Å². The Labute approximate surface area is 257 Å². The van der Waals surface area contributed by atoms with Crippen molar-refractivity contribution in [3.8, 4) is 0 Å². The Hall–Kier alpha value is -4.26. The lowest BCUT2D eigenvalue weighted by molar-refractivity contribution is -0.131. The van der Waals surface area contributed by atoms with Crippen LogP contribution in [0.4, 0.5) is 0 Å². The Morgan fingerprint density at radius 3 is 2.34 bits per heavy atom. The van der Waals surface area contributed by atoms with E-state index in [1.165, 1.54) is 12.3 Å². The maximum Gasteiger partial charge on any atom is 0.290 e. The summed E-state index contributed by atoms with van der Waals surface area (Å²) in [6.45, 7) is 4.07. The van der Waals surface area contributed by atoms with Crippen LogP contribution in [0.25, 0.3) is 0 Å². The second-order valence-electron chi connectivity index (χ2n) is 11.4. The van der Waals surface area contributed by atoms with Crippen molar-refractivity contribution in [3.05, 3.63) is 53.4 Å². The average molecular weight is 612 g/mol. The first-order valence-electron chi connectivity index (χ1n) is 15.3. The van der Waals surface area contributed by atoms with Gasteiger partial charge in [0.25, 0.3) is 11.8 Å². The predicted octanol–water partition coefficient (Wildman–Crippen LogP) is 1.52. The van der Waals surface area contributed by atoms with Crippen LogP contribution >= 0.6 is 0 Å². The quantitative estimate of drug-likeness (QED) is 0.163. The first-order chi connectivity index (χ1) is 21.1. The Kier molecular flexibility index (Phi) is 13.3. The van der Waals surface area contributed by atoms with Gasteiger partial charge in [0.15, 0.2) is 0 Å². The lowest BCUT2D eigenvalue weighted by Crippen LogP contribution is -2.56. The van der Waals surface area contributed by atoms with E-state index in [4.69, 9.17) is 16.0 Å². The number of nitrogens with one attached hydrogen (secondary N) is 4. The summed E-state index contributed by atoms with van der Waals surface area (Å²) >= 11 is 0. The van der Waals surface area contributed by atoms with Gasteiger partial charge in [0.05, 0.1) is 6.20 Å². The molecule has 1 saturated carbocycles. The van der Waals surface area contributed by atoms with Gasteiger partial charge in [0.1, 0.15) is 18.1 Å². The second kappa shape index (κ2) is 17.1. The lowest BCUT2D eigenvalue weighted by Gasteiger charge is -2.29. The third-order valence-electron chi connectivity index (χ3n) is 8.13. The molecule has 0 bridgehead atoms. The smallest absolute Gasteiger partial charge is 0.290 e. The van der Waals surface area contributed by atoms with Crippen LogP contribution in [0.2, 0.25) is 0 Å². The number of hydrogen-bond acceptors (Lipinski definition) is 8. The summed E-state index contributed by atoms with van der Waals surface area (Å²) in [5.74, 6) is -2.46. The maximum absolute atomic E-state index is 13.6. The zero-order chi connectivity index (χ0) is 32.1. The Morgan fingerprint density at radius 2 is 1.70 bits per heavy atom. The fraction of sp³-hybridized carbons (Fsp3) is 0.548. The molecule has 0 spiro atoms. The van der Waals surface area contributed by atoms with Crippen LogP contribution in [0.5, 0.6) is 0 Å². The van der Waals surface area contributed by atoms with Gasteiger partial charge in [-0.15, -0.1) is 0 Å². The van der Waals surface area contributed by atoms with Gasteiger partial charge in [0, 0.05) is 18.2 Å². The van der Waals surface area contributed by atoms with E-state index < -0.39 is 47.7 Å². The molecule has 4 atom stereocenters. The molecule has 1 aliphatic rings. The fourth-order valence-corrected chi connectivity index (χ4v) is 5.32. The topological polar surface area (TPSA) is 212 Å². The van der Waals surface area contributed by atoms with Crippen LogP contribution in [0.1, 0.15) is 91.7 Å². The summed E-state index contributed by atoms with van der Waals surface area (Å²) < 4.78 is 4.97. The summed E-state index contributed by atoms with van der Waals surface area (Å²) in [7, 11) is 0. The summed E-state index contributed by atoms with van der Waals surface area (Å²) in [6, 6.07) is 5.43. The summed E-state index contributed by atoms with van der Waals surface area (Å²) in [5, 5.41) is 14.7. The average Bonchev–Trinajstić information content (AvgIpc) is 3.57. The fourth-order valence-electron chi connectivity index (χ4n) is 5.32. The van der Waals surface area contributed by atoms with Gasteiger partial charge in [-0.3, -0.25) is 24.0 Å². The molecule has 0 aliphatic heterocycles. The molecule has 1 fully saturated rings. The highest BCUT2D eigenvalue weighted by Gasteiger charge is 2.32. The van der Waals surface area contributed by atoms with Crippen molar-refractivity contribution in [1.82, 2.24) is 26.4 Å². The predicted molar refractivity (Wildman–Crippen MR) is 163 cm³/mol. The van der Waals surface area contributed by atoms with Crippen molar-refractivity contribution in [2.24, 2.45) is 23.3 Å². The number of rotatable bonds is 16. The standard InChI is InChI=1S/C31H45N7O6/c1-3-19(2)26(31(43)34-18-21-10-7-11-22(16-21)28(40)36-23(12-14-32)27(33)39)38-29(41)24(17-20-8-5-4-6-9-20)37-30(42)25-13-15-35-44-25/h7,10-11,13,15-16,19-20,23-24,26H,3-6,8-9,12,14,17-18,32H2,1-2H3,(H2,33,39)(H,34,43)(H,36,40)(H,37,42)(H,38,41)/t19-,23-,24-,26-/m0/s1. The number of benzene rings is 1. The Morgan fingerprint density at radius 1 is 0.977 bits per heavy atom. The molecule has 13 nitrogen and oxygen atoms in total. The summed E-state index contributed by atoms with van der Waals surface area (Å²) in [4.78, 5) is 64.1. The molecule has 5 amide bonds. The molecular formula is C31H45N7O6. The second-order valence-corrected chi connectivity index (χ2v) is 11.4. The molecule has 240 valence electrons. The van der Waals surface area contributed by atoms with Crippen LogP contribution in [0, 0.1) is 11.8 Å². The van der Waals surface area contributed by atoms with Gasteiger partial charge in [-0.2, -0.15) is 0 Å². The Balaban J connectivity index is 1.68. The molecule has 8 N–H and O–H groups in total. The molecule has 44 heavy (non-hydrogen) atoms. The number of amides is 5. The van der Waals surface area contributed by atoms with Crippen molar-refractivity contribution in [3.63, 3.8) is 0 Å². The molecule has 1 aromatic carbocycles. The number of primary amides is 1. The number of nitrogens with zero attached hydrogens (tertiary/aromatic N) is 1. The van der Waals surface area contributed by atoms with E-state index in [1.807, 2.05) is 13.8 Å². The van der Waals surface area contributed by atoms with Crippen molar-refractivity contribution >= 4 is 29.5 Å². The van der Waals surface area contributed by atoms with Crippen LogP contribution < -0.4 is 32.7 Å². The molecule has 1 heterocycles. The van der Waals surface area contributed by atoms with Crippen molar-refractivity contribution in [2.75, 3.05) is 6.54 Å². The van der Waals surface area contributed by atoms with E-state index in [2.05, 4.69) is 26.4 Å². The van der Waals surface area contributed by atoms with Crippen LogP contribution in [0.3, 0.4) is 0 Å². The molecule has 3 rings (SSSR count). The van der Waals surface area contributed by atoms with E-state index >= 15 is 0 Å². The molecule has 0 unspecified atom stereocenters. The molecule has 1 aromatic heterocycles. The van der Waals surface area contributed by atoms with Crippen molar-refractivity contribution in [2.45, 2.75) is 89.9 Å². The molecule has 2 aromatic rings. The largest absolute Gasteiger partial charge is 0.368 e. The number of aromatic nitrogens is 1. The summed E-state index contributed by atoms with van der Waals surface area (Å²) in [5.41, 5.74) is 11.8. The third kappa shape index (κ3) is 10.2. The molecule has 0 saturated heterocycles. The van der Waals surface area contributed by atoms with E-state index in [1.54, 1.807) is 24.3 Å². The minimum atomic E-state index is -0.891. The highest BCUT2D eigenvalue weighted by atomic mass is 16.5. The highest BCUT2D eigenvalue weighted by molar-refractivity contribution is 5.98. The normalized spacial score (nSPS) is 16.2. The lowest BCUT2D eigenvalue weighted by atomic mass is 9.84. The van der Waals surface area contributed by atoms with Crippen molar-refractivity contribution < 1.29 is 28.5 Å². The van der Waals surface area contributed by atoms with Crippen LogP contribution in [-0.2, 0) is 20.9 Å². The monoisotopic (exact) mass is 611 g/mol. The van der Waals surface area contributed by atoms with Crippen molar-refractivity contribution in [1.29, 1.82) is 0 Å². The zero-order valence-electron chi connectivity index (χ0n) is 25.5. The number of hydrogen-bond donors (Lipinski definition) is 6.